The Morgan fingerprint density at radius 2 is 1.72 bits per heavy atom. The molecule has 0 spiro atoms. The number of benzene rings is 2. The first-order valence-corrected chi connectivity index (χ1v) is 11.0. The lowest BCUT2D eigenvalue weighted by Gasteiger charge is -2.46. The normalized spacial score (nSPS) is 17.8. The van der Waals surface area contributed by atoms with Crippen LogP contribution >= 0.6 is 0 Å². The van der Waals surface area contributed by atoms with Crippen LogP contribution < -0.4 is 21.0 Å². The molecule has 1 amide bonds. The molecule has 0 saturated carbocycles. The smallest absolute Gasteiger partial charge is 0.344 e. The maximum atomic E-state index is 12.5. The predicted octanol–water partition coefficient (Wildman–Crippen LogP) is 4.26. The van der Waals surface area contributed by atoms with E-state index in [1.807, 2.05) is 24.3 Å². The predicted molar refractivity (Wildman–Crippen MR) is 126 cm³/mol. The molecule has 1 aliphatic rings. The number of rotatable bonds is 5. The monoisotopic (exact) mass is 434 g/mol. The average molecular weight is 435 g/mol. The Bertz CT molecular complexity index is 1160. The molecular formula is C26H30N2O4. The topological polar surface area (TPSA) is 80.6 Å². The van der Waals surface area contributed by atoms with Gasteiger partial charge in [-0.15, -0.1) is 0 Å². The van der Waals surface area contributed by atoms with Gasteiger partial charge in [0.1, 0.15) is 11.3 Å². The molecule has 0 radical (unpaired) electrons. The van der Waals surface area contributed by atoms with Gasteiger partial charge in [-0.25, -0.2) is 4.79 Å². The van der Waals surface area contributed by atoms with Gasteiger partial charge in [-0.2, -0.15) is 0 Å². The van der Waals surface area contributed by atoms with E-state index in [4.69, 9.17) is 9.15 Å². The summed E-state index contributed by atoms with van der Waals surface area (Å²) in [7, 11) is 0. The molecule has 1 aromatic heterocycles. The van der Waals surface area contributed by atoms with E-state index in [2.05, 4.69) is 38.3 Å². The molecule has 0 aliphatic carbocycles. The number of hydrogen-bond donors (Lipinski definition) is 2. The lowest BCUT2D eigenvalue weighted by Crippen LogP contribution is -2.62. The van der Waals surface area contributed by atoms with Crippen LogP contribution in [0.15, 0.2) is 63.8 Å². The molecule has 1 saturated heterocycles. The summed E-state index contributed by atoms with van der Waals surface area (Å²) in [5.74, 6) is 0.433. The molecule has 2 heterocycles. The van der Waals surface area contributed by atoms with Crippen molar-refractivity contribution in [3.63, 3.8) is 0 Å². The zero-order valence-electron chi connectivity index (χ0n) is 19.0. The van der Waals surface area contributed by atoms with Gasteiger partial charge in [0, 0.05) is 22.5 Å². The van der Waals surface area contributed by atoms with Crippen LogP contribution in [0.4, 0.5) is 0 Å². The fourth-order valence-electron chi connectivity index (χ4n) is 4.84. The zero-order valence-corrected chi connectivity index (χ0v) is 19.0. The second-order valence-corrected chi connectivity index (χ2v) is 9.86. The summed E-state index contributed by atoms with van der Waals surface area (Å²) in [6, 6.07) is 16.5. The molecule has 4 rings (SSSR count). The Labute approximate surface area is 188 Å². The van der Waals surface area contributed by atoms with E-state index < -0.39 is 0 Å². The third-order valence-corrected chi connectivity index (χ3v) is 5.73. The Morgan fingerprint density at radius 3 is 2.41 bits per heavy atom. The van der Waals surface area contributed by atoms with Crippen LogP contribution in [0.25, 0.3) is 22.1 Å². The van der Waals surface area contributed by atoms with E-state index in [-0.39, 0.29) is 35.3 Å². The third kappa shape index (κ3) is 5.19. The highest BCUT2D eigenvalue weighted by atomic mass is 16.5. The Kier molecular flexibility index (Phi) is 5.82. The molecule has 168 valence electrons. The Morgan fingerprint density at radius 1 is 1.06 bits per heavy atom. The van der Waals surface area contributed by atoms with Crippen molar-refractivity contribution in [1.82, 2.24) is 10.6 Å². The first-order valence-electron chi connectivity index (χ1n) is 11.0. The molecule has 6 heteroatoms. The molecule has 2 aromatic carbocycles. The lowest BCUT2D eigenvalue weighted by atomic mass is 9.79. The van der Waals surface area contributed by atoms with Gasteiger partial charge in [0.25, 0.3) is 5.91 Å². The van der Waals surface area contributed by atoms with Crippen LogP contribution in [0.1, 0.15) is 40.5 Å². The summed E-state index contributed by atoms with van der Waals surface area (Å²) in [6.07, 6.45) is 1.73. The summed E-state index contributed by atoms with van der Waals surface area (Å²) in [4.78, 5) is 24.8. The van der Waals surface area contributed by atoms with E-state index in [1.165, 1.54) is 0 Å². The van der Waals surface area contributed by atoms with Gasteiger partial charge < -0.3 is 19.8 Å². The minimum Gasteiger partial charge on any atom is -0.484 e. The van der Waals surface area contributed by atoms with E-state index in [0.29, 0.717) is 16.9 Å². The number of amides is 1. The lowest BCUT2D eigenvalue weighted by molar-refractivity contribution is -0.124. The summed E-state index contributed by atoms with van der Waals surface area (Å²) in [5.41, 5.74) is 1.33. The van der Waals surface area contributed by atoms with Gasteiger partial charge in [0.05, 0.1) is 5.56 Å². The largest absolute Gasteiger partial charge is 0.484 e. The molecule has 0 bridgehead atoms. The highest BCUT2D eigenvalue weighted by Crippen LogP contribution is 2.28. The van der Waals surface area contributed by atoms with Gasteiger partial charge in [0.15, 0.2) is 6.61 Å². The number of para-hydroxylation sites is 1. The maximum absolute atomic E-state index is 12.5. The van der Waals surface area contributed by atoms with Crippen LogP contribution in [-0.2, 0) is 4.79 Å². The van der Waals surface area contributed by atoms with Crippen LogP contribution in [-0.4, -0.2) is 29.6 Å². The summed E-state index contributed by atoms with van der Waals surface area (Å²) in [5, 5.41) is 7.58. The highest BCUT2D eigenvalue weighted by Gasteiger charge is 2.38. The van der Waals surface area contributed by atoms with Crippen molar-refractivity contribution >= 4 is 16.9 Å². The fraction of sp³-hybridized carbons (Fsp3) is 0.385. The average Bonchev–Trinajstić information content (AvgIpc) is 2.70. The summed E-state index contributed by atoms with van der Waals surface area (Å²) < 4.78 is 11.1. The highest BCUT2D eigenvalue weighted by molar-refractivity contribution is 5.81. The molecule has 1 aliphatic heterocycles. The summed E-state index contributed by atoms with van der Waals surface area (Å²) in [6.45, 7) is 8.56. The van der Waals surface area contributed by atoms with Crippen molar-refractivity contribution < 1.29 is 13.9 Å². The summed E-state index contributed by atoms with van der Waals surface area (Å²) >= 11 is 0. The number of piperidine rings is 1. The van der Waals surface area contributed by atoms with Gasteiger partial charge in [-0.3, -0.25) is 4.79 Å². The van der Waals surface area contributed by atoms with Gasteiger partial charge in [0.2, 0.25) is 0 Å². The van der Waals surface area contributed by atoms with Gasteiger partial charge in [-0.1, -0.05) is 30.3 Å². The van der Waals surface area contributed by atoms with Crippen molar-refractivity contribution in [2.24, 2.45) is 0 Å². The van der Waals surface area contributed by atoms with Crippen molar-refractivity contribution in [3.05, 3.63) is 65.0 Å². The van der Waals surface area contributed by atoms with Crippen molar-refractivity contribution in [2.45, 2.75) is 57.7 Å². The standard InChI is InChI=1S/C26H30N2O4/c1-25(2)14-19(15-26(3,4)28-25)27-23(29)16-31-20-11-9-17(10-12-20)21-13-18-7-5-6-8-22(18)32-24(21)30/h5-13,19,28H,14-16H2,1-4H3,(H,27,29). The number of hydrogen-bond acceptors (Lipinski definition) is 5. The zero-order chi connectivity index (χ0) is 22.9. The minimum absolute atomic E-state index is 0.0359. The fourth-order valence-corrected chi connectivity index (χ4v) is 4.84. The number of carbonyl (C=O) groups excluding carboxylic acids is 1. The number of ether oxygens (including phenoxy) is 1. The van der Waals surface area contributed by atoms with Crippen LogP contribution in [0, 0.1) is 0 Å². The van der Waals surface area contributed by atoms with Crippen molar-refractivity contribution in [2.75, 3.05) is 6.61 Å². The van der Waals surface area contributed by atoms with E-state index >= 15 is 0 Å². The van der Waals surface area contributed by atoms with Crippen LogP contribution in [0.2, 0.25) is 0 Å². The van der Waals surface area contributed by atoms with E-state index in [1.54, 1.807) is 30.3 Å². The molecular weight excluding hydrogens is 404 g/mol. The first-order chi connectivity index (χ1) is 15.1. The van der Waals surface area contributed by atoms with Gasteiger partial charge in [-0.05, 0) is 70.4 Å². The second kappa shape index (κ2) is 8.43. The molecule has 0 atom stereocenters. The van der Waals surface area contributed by atoms with E-state index in [0.717, 1.165) is 23.8 Å². The molecule has 3 aromatic rings. The molecule has 0 unspecified atom stereocenters. The van der Waals surface area contributed by atoms with Gasteiger partial charge >= 0.3 is 5.63 Å². The number of nitrogens with one attached hydrogen (secondary N) is 2. The van der Waals surface area contributed by atoms with Crippen LogP contribution in [0.5, 0.6) is 5.75 Å². The number of carbonyl (C=O) groups is 1. The Hall–Kier alpha value is -3.12. The van der Waals surface area contributed by atoms with Crippen LogP contribution in [0.3, 0.4) is 0 Å². The van der Waals surface area contributed by atoms with Crippen molar-refractivity contribution in [1.29, 1.82) is 0 Å². The number of fused-ring (bicyclic) bond motifs is 1. The molecule has 6 nitrogen and oxygen atoms in total. The second-order valence-electron chi connectivity index (χ2n) is 9.86. The third-order valence-electron chi connectivity index (χ3n) is 5.73. The maximum Gasteiger partial charge on any atom is 0.344 e. The quantitative estimate of drug-likeness (QED) is 0.587. The SMILES string of the molecule is CC1(C)CC(NC(=O)COc2ccc(-c3cc4ccccc4oc3=O)cc2)CC(C)(C)N1. The minimum atomic E-state index is -0.385. The molecule has 1 fully saturated rings. The first kappa shape index (κ1) is 22.1. The Balaban J connectivity index is 1.38. The molecule has 2 N–H and O–H groups in total. The van der Waals surface area contributed by atoms with Crippen molar-refractivity contribution in [3.8, 4) is 16.9 Å². The van der Waals surface area contributed by atoms with E-state index in [9.17, 15) is 9.59 Å². The molecule has 32 heavy (non-hydrogen) atoms.